The van der Waals surface area contributed by atoms with Crippen LogP contribution in [0.1, 0.15) is 23.7 Å². The number of carbonyl (C=O) groups excluding carboxylic acids is 1. The van der Waals surface area contributed by atoms with E-state index in [0.717, 1.165) is 38.3 Å². The Morgan fingerprint density at radius 1 is 1.35 bits per heavy atom. The fourth-order valence-electron chi connectivity index (χ4n) is 2.94. The van der Waals surface area contributed by atoms with Gasteiger partial charge in [-0.15, -0.1) is 0 Å². The lowest BCUT2D eigenvalue weighted by molar-refractivity contribution is 0.0187. The van der Waals surface area contributed by atoms with Gasteiger partial charge in [-0.05, 0) is 31.5 Å². The van der Waals surface area contributed by atoms with Gasteiger partial charge in [0.25, 0.3) is 11.5 Å². The van der Waals surface area contributed by atoms with Crippen molar-refractivity contribution in [1.29, 1.82) is 0 Å². The van der Waals surface area contributed by atoms with Gasteiger partial charge in [-0.2, -0.15) is 5.10 Å². The SMILES string of the molecule is CC(CCNC(=O)c1cc(-c2ccncc2)n[nH]c1=O)N1CCOCC1. The van der Waals surface area contributed by atoms with Crippen molar-refractivity contribution >= 4 is 5.91 Å². The molecular formula is C18H23N5O3. The van der Waals surface area contributed by atoms with Crippen LogP contribution in [0.4, 0.5) is 0 Å². The Balaban J connectivity index is 1.60. The van der Waals surface area contributed by atoms with E-state index < -0.39 is 11.5 Å². The Kier molecular flexibility index (Phi) is 6.08. The van der Waals surface area contributed by atoms with Crippen LogP contribution < -0.4 is 10.9 Å². The van der Waals surface area contributed by atoms with Crippen molar-refractivity contribution in [2.24, 2.45) is 0 Å². The highest BCUT2D eigenvalue weighted by Gasteiger charge is 2.18. The number of rotatable bonds is 6. The lowest BCUT2D eigenvalue weighted by Crippen LogP contribution is -2.43. The standard InChI is InChI=1S/C18H23N5O3/c1-13(23-8-10-26-11-9-23)2-7-20-17(24)15-12-16(21-22-18(15)25)14-3-5-19-6-4-14/h3-6,12-13H,2,7-11H2,1H3,(H,20,24)(H,22,25). The molecule has 8 nitrogen and oxygen atoms in total. The van der Waals surface area contributed by atoms with Crippen molar-refractivity contribution in [3.63, 3.8) is 0 Å². The zero-order chi connectivity index (χ0) is 18.4. The molecule has 1 aliphatic rings. The van der Waals surface area contributed by atoms with Crippen LogP contribution >= 0.6 is 0 Å². The molecule has 1 unspecified atom stereocenters. The van der Waals surface area contributed by atoms with Crippen molar-refractivity contribution in [2.45, 2.75) is 19.4 Å². The van der Waals surface area contributed by atoms with Gasteiger partial charge in [-0.3, -0.25) is 19.5 Å². The Bertz CT molecular complexity index is 787. The molecule has 138 valence electrons. The molecule has 3 heterocycles. The summed E-state index contributed by atoms with van der Waals surface area (Å²) in [6.07, 6.45) is 4.08. The second kappa shape index (κ2) is 8.68. The van der Waals surface area contributed by atoms with Crippen LogP contribution in [0, 0.1) is 0 Å². The second-order valence-electron chi connectivity index (χ2n) is 6.27. The fraction of sp³-hybridized carbons (Fsp3) is 0.444. The number of nitrogens with one attached hydrogen (secondary N) is 2. The van der Waals surface area contributed by atoms with Gasteiger partial charge in [0.05, 0.1) is 18.9 Å². The summed E-state index contributed by atoms with van der Waals surface area (Å²) >= 11 is 0. The van der Waals surface area contributed by atoms with Crippen molar-refractivity contribution in [2.75, 3.05) is 32.8 Å². The van der Waals surface area contributed by atoms with E-state index in [1.807, 2.05) is 0 Å². The highest BCUT2D eigenvalue weighted by atomic mass is 16.5. The predicted octanol–water partition coefficient (Wildman–Crippen LogP) is 0.673. The highest BCUT2D eigenvalue weighted by Crippen LogP contribution is 2.14. The van der Waals surface area contributed by atoms with Crippen LogP contribution in [-0.2, 0) is 4.74 Å². The van der Waals surface area contributed by atoms with Gasteiger partial charge >= 0.3 is 0 Å². The second-order valence-corrected chi connectivity index (χ2v) is 6.27. The first-order valence-electron chi connectivity index (χ1n) is 8.75. The van der Waals surface area contributed by atoms with E-state index in [9.17, 15) is 9.59 Å². The lowest BCUT2D eigenvalue weighted by atomic mass is 10.1. The maximum atomic E-state index is 12.4. The quantitative estimate of drug-likeness (QED) is 0.788. The number of H-pyrrole nitrogens is 1. The minimum atomic E-state index is -0.499. The summed E-state index contributed by atoms with van der Waals surface area (Å²) in [5.41, 5.74) is 0.873. The van der Waals surface area contributed by atoms with Crippen LogP contribution in [0.25, 0.3) is 11.3 Å². The molecule has 0 saturated carbocycles. The van der Waals surface area contributed by atoms with Crippen molar-refractivity contribution < 1.29 is 9.53 Å². The molecule has 1 fully saturated rings. The molecule has 8 heteroatoms. The summed E-state index contributed by atoms with van der Waals surface area (Å²) in [4.78, 5) is 30.7. The van der Waals surface area contributed by atoms with Gasteiger partial charge in [0, 0.05) is 43.6 Å². The number of aromatic nitrogens is 3. The van der Waals surface area contributed by atoms with Crippen molar-refractivity contribution in [3.8, 4) is 11.3 Å². The van der Waals surface area contributed by atoms with E-state index in [1.54, 1.807) is 24.5 Å². The van der Waals surface area contributed by atoms with E-state index >= 15 is 0 Å². The normalized spacial score (nSPS) is 16.2. The number of carbonyl (C=O) groups is 1. The van der Waals surface area contributed by atoms with Gasteiger partial charge < -0.3 is 10.1 Å². The predicted molar refractivity (Wildman–Crippen MR) is 96.9 cm³/mol. The average molecular weight is 357 g/mol. The van der Waals surface area contributed by atoms with Gasteiger partial charge in [-0.25, -0.2) is 5.10 Å². The minimum Gasteiger partial charge on any atom is -0.379 e. The molecule has 1 amide bonds. The first kappa shape index (κ1) is 18.2. The summed E-state index contributed by atoms with van der Waals surface area (Å²) in [5.74, 6) is -0.391. The molecular weight excluding hydrogens is 334 g/mol. The monoisotopic (exact) mass is 357 g/mol. The number of ether oxygens (including phenoxy) is 1. The first-order chi connectivity index (χ1) is 12.6. The third kappa shape index (κ3) is 4.53. The number of aromatic amines is 1. The third-order valence-corrected chi connectivity index (χ3v) is 4.54. The number of amides is 1. The zero-order valence-electron chi connectivity index (χ0n) is 14.8. The summed E-state index contributed by atoms with van der Waals surface area (Å²) < 4.78 is 5.35. The maximum Gasteiger partial charge on any atom is 0.277 e. The largest absolute Gasteiger partial charge is 0.379 e. The average Bonchev–Trinajstić information content (AvgIpc) is 2.69. The first-order valence-corrected chi connectivity index (χ1v) is 8.75. The molecule has 3 rings (SSSR count). The molecule has 0 bridgehead atoms. The molecule has 0 aromatic carbocycles. The van der Waals surface area contributed by atoms with Gasteiger partial charge in [0.1, 0.15) is 5.56 Å². The summed E-state index contributed by atoms with van der Waals surface area (Å²) in [6.45, 7) is 5.96. The van der Waals surface area contributed by atoms with E-state index in [-0.39, 0.29) is 5.56 Å². The molecule has 2 aromatic rings. The van der Waals surface area contributed by atoms with Crippen LogP contribution in [0.3, 0.4) is 0 Å². The third-order valence-electron chi connectivity index (χ3n) is 4.54. The maximum absolute atomic E-state index is 12.4. The number of morpholine rings is 1. The number of hydrogen-bond donors (Lipinski definition) is 2. The molecule has 26 heavy (non-hydrogen) atoms. The summed E-state index contributed by atoms with van der Waals surface area (Å²) in [5, 5.41) is 9.22. The fourth-order valence-corrected chi connectivity index (χ4v) is 2.94. The Morgan fingerprint density at radius 3 is 2.81 bits per heavy atom. The molecule has 2 aromatic heterocycles. The Morgan fingerprint density at radius 2 is 2.08 bits per heavy atom. The zero-order valence-corrected chi connectivity index (χ0v) is 14.8. The molecule has 1 atom stereocenters. The molecule has 2 N–H and O–H groups in total. The van der Waals surface area contributed by atoms with E-state index in [4.69, 9.17) is 4.74 Å². The number of pyridine rings is 1. The van der Waals surface area contributed by atoms with E-state index in [2.05, 4.69) is 32.3 Å². The van der Waals surface area contributed by atoms with Crippen molar-refractivity contribution in [3.05, 3.63) is 46.5 Å². The van der Waals surface area contributed by atoms with Gasteiger partial charge in [0.15, 0.2) is 0 Å². The van der Waals surface area contributed by atoms with Gasteiger partial charge in [-0.1, -0.05) is 0 Å². The molecule has 0 spiro atoms. The molecule has 0 radical (unpaired) electrons. The van der Waals surface area contributed by atoms with Crippen LogP contribution in [0.15, 0.2) is 35.4 Å². The van der Waals surface area contributed by atoms with Crippen LogP contribution in [0.5, 0.6) is 0 Å². The Hall–Kier alpha value is -2.58. The van der Waals surface area contributed by atoms with E-state index in [0.29, 0.717) is 18.3 Å². The van der Waals surface area contributed by atoms with E-state index in [1.165, 1.54) is 6.07 Å². The molecule has 0 aliphatic carbocycles. The topological polar surface area (TPSA) is 100 Å². The van der Waals surface area contributed by atoms with Crippen molar-refractivity contribution in [1.82, 2.24) is 25.4 Å². The summed E-state index contributed by atoms with van der Waals surface area (Å²) in [6, 6.07) is 5.40. The van der Waals surface area contributed by atoms with Gasteiger partial charge in [0.2, 0.25) is 0 Å². The highest BCUT2D eigenvalue weighted by molar-refractivity contribution is 5.94. The minimum absolute atomic E-state index is 0.0610. The summed E-state index contributed by atoms with van der Waals surface area (Å²) in [7, 11) is 0. The number of hydrogen-bond acceptors (Lipinski definition) is 6. The molecule has 1 aliphatic heterocycles. The smallest absolute Gasteiger partial charge is 0.277 e. The van der Waals surface area contributed by atoms with Crippen LogP contribution in [0.2, 0.25) is 0 Å². The van der Waals surface area contributed by atoms with Crippen LogP contribution in [-0.4, -0.2) is 64.9 Å². The molecule has 1 saturated heterocycles. The number of nitrogens with zero attached hydrogens (tertiary/aromatic N) is 3. The Labute approximate surface area is 151 Å². The lowest BCUT2D eigenvalue weighted by Gasteiger charge is -2.32.